The minimum absolute atomic E-state index is 0.152. The smallest absolute Gasteiger partial charge is 0.0895 e. The van der Waals surface area contributed by atoms with Crippen LogP contribution in [0.5, 0.6) is 0 Å². The van der Waals surface area contributed by atoms with Gasteiger partial charge in [0.05, 0.1) is 11.7 Å². The summed E-state index contributed by atoms with van der Waals surface area (Å²) in [5.74, 6) is 0. The molecule has 1 heteroatoms. The summed E-state index contributed by atoms with van der Waals surface area (Å²) in [6.07, 6.45) is 6.97. The third kappa shape index (κ3) is 4.25. The third-order valence-electron chi connectivity index (χ3n) is 5.25. The van der Waals surface area contributed by atoms with Gasteiger partial charge >= 0.3 is 0 Å². The highest BCUT2D eigenvalue weighted by atomic mass is 16.5. The molecule has 1 aliphatic rings. The first-order valence-corrected chi connectivity index (χ1v) is 10.3. The summed E-state index contributed by atoms with van der Waals surface area (Å²) in [6.45, 7) is 8.92. The van der Waals surface area contributed by atoms with E-state index in [0.717, 1.165) is 25.7 Å². The van der Waals surface area contributed by atoms with Crippen LogP contribution in [0.2, 0.25) is 0 Å². The lowest BCUT2D eigenvalue weighted by Gasteiger charge is -2.42. The monoisotopic (exact) mass is 360 g/mol. The summed E-state index contributed by atoms with van der Waals surface area (Å²) in [4.78, 5) is 0. The molecule has 0 saturated carbocycles. The number of hydrogen-bond acceptors (Lipinski definition) is 1. The van der Waals surface area contributed by atoms with Gasteiger partial charge in [-0.1, -0.05) is 93.4 Å². The predicted octanol–water partition coefficient (Wildman–Crippen LogP) is 7.30. The standard InChI is InChI=1S/C26H32O/c1-5-7-19-22-23(14-6-2)27-26(3,4)25(21-17-12-9-13-18-21)24(22)20-15-10-8-11-16-20/h8-13,15-19,23H,5-7,14H2,1-4H3/b22-19-. The van der Waals surface area contributed by atoms with Crippen molar-refractivity contribution in [2.24, 2.45) is 0 Å². The van der Waals surface area contributed by atoms with Gasteiger partial charge in [-0.2, -0.15) is 0 Å². The van der Waals surface area contributed by atoms with Crippen molar-refractivity contribution in [1.82, 2.24) is 0 Å². The molecule has 0 aliphatic carbocycles. The second kappa shape index (κ2) is 8.71. The van der Waals surface area contributed by atoms with Crippen molar-refractivity contribution in [1.29, 1.82) is 0 Å². The fourth-order valence-electron chi connectivity index (χ4n) is 4.11. The van der Waals surface area contributed by atoms with Crippen LogP contribution >= 0.6 is 0 Å². The van der Waals surface area contributed by atoms with Crippen molar-refractivity contribution >= 4 is 11.1 Å². The minimum Gasteiger partial charge on any atom is -0.363 e. The van der Waals surface area contributed by atoms with Gasteiger partial charge in [0, 0.05) is 0 Å². The Bertz CT molecular complexity index is 797. The van der Waals surface area contributed by atoms with E-state index in [-0.39, 0.29) is 11.7 Å². The largest absolute Gasteiger partial charge is 0.363 e. The highest BCUT2D eigenvalue weighted by molar-refractivity contribution is 6.02. The highest BCUT2D eigenvalue weighted by Gasteiger charge is 2.39. The van der Waals surface area contributed by atoms with E-state index in [1.54, 1.807) is 0 Å². The quantitative estimate of drug-likeness (QED) is 0.525. The molecule has 0 amide bonds. The van der Waals surface area contributed by atoms with Crippen LogP contribution in [-0.4, -0.2) is 11.7 Å². The average Bonchev–Trinajstić information content (AvgIpc) is 2.68. The van der Waals surface area contributed by atoms with Crippen LogP contribution in [0, 0.1) is 0 Å². The van der Waals surface area contributed by atoms with Crippen molar-refractivity contribution in [3.63, 3.8) is 0 Å². The molecule has 0 aromatic heterocycles. The third-order valence-corrected chi connectivity index (χ3v) is 5.25. The Labute approximate surface area is 164 Å². The highest BCUT2D eigenvalue weighted by Crippen LogP contribution is 2.47. The molecule has 1 heterocycles. The number of ether oxygens (including phenoxy) is 1. The number of unbranched alkanes of at least 4 members (excludes halogenated alkanes) is 1. The summed E-state index contributed by atoms with van der Waals surface area (Å²) >= 11 is 0. The molecule has 0 bridgehead atoms. The zero-order chi connectivity index (χ0) is 19.3. The molecular formula is C26H32O. The Morgan fingerprint density at radius 3 is 2.00 bits per heavy atom. The molecule has 1 nitrogen and oxygen atoms in total. The summed E-state index contributed by atoms with van der Waals surface area (Å²) in [6, 6.07) is 21.6. The molecular weight excluding hydrogens is 328 g/mol. The first-order valence-electron chi connectivity index (χ1n) is 10.3. The summed E-state index contributed by atoms with van der Waals surface area (Å²) in [7, 11) is 0. The lowest BCUT2D eigenvalue weighted by molar-refractivity contribution is -0.0226. The van der Waals surface area contributed by atoms with Gasteiger partial charge in [-0.05, 0) is 54.5 Å². The molecule has 1 atom stereocenters. The SMILES string of the molecule is CCC/C=C1\C(c2ccccc2)=C(c2ccccc2)C(C)(C)OC1CCC. The summed E-state index contributed by atoms with van der Waals surface area (Å²) in [5.41, 5.74) is 6.22. The van der Waals surface area contributed by atoms with Crippen molar-refractivity contribution in [3.05, 3.63) is 83.4 Å². The number of benzene rings is 2. The number of rotatable bonds is 6. The van der Waals surface area contributed by atoms with Crippen molar-refractivity contribution < 1.29 is 4.74 Å². The van der Waals surface area contributed by atoms with E-state index in [4.69, 9.17) is 4.74 Å². The molecule has 142 valence electrons. The van der Waals surface area contributed by atoms with Crippen LogP contribution in [0.25, 0.3) is 11.1 Å². The molecule has 1 aliphatic heterocycles. The zero-order valence-corrected chi connectivity index (χ0v) is 17.2. The van der Waals surface area contributed by atoms with E-state index in [1.165, 1.54) is 27.8 Å². The van der Waals surface area contributed by atoms with Gasteiger partial charge < -0.3 is 4.74 Å². The van der Waals surface area contributed by atoms with Crippen LogP contribution in [-0.2, 0) is 4.74 Å². The first kappa shape index (κ1) is 19.6. The molecule has 0 N–H and O–H groups in total. The Kier molecular flexibility index (Phi) is 6.34. The summed E-state index contributed by atoms with van der Waals surface area (Å²) < 4.78 is 6.72. The van der Waals surface area contributed by atoms with Gasteiger partial charge in [0.25, 0.3) is 0 Å². The lowest BCUT2D eigenvalue weighted by Crippen LogP contribution is -2.38. The maximum Gasteiger partial charge on any atom is 0.0895 e. The molecule has 3 rings (SSSR count). The van der Waals surface area contributed by atoms with Crippen molar-refractivity contribution in [2.75, 3.05) is 0 Å². The van der Waals surface area contributed by atoms with Crippen LogP contribution < -0.4 is 0 Å². The fourth-order valence-corrected chi connectivity index (χ4v) is 4.11. The van der Waals surface area contributed by atoms with Gasteiger partial charge in [0.15, 0.2) is 0 Å². The maximum atomic E-state index is 6.72. The first-order chi connectivity index (χ1) is 13.1. The molecule has 27 heavy (non-hydrogen) atoms. The maximum absolute atomic E-state index is 6.72. The van der Waals surface area contributed by atoms with Crippen LogP contribution in [0.4, 0.5) is 0 Å². The average molecular weight is 361 g/mol. The lowest BCUT2D eigenvalue weighted by atomic mass is 9.76. The topological polar surface area (TPSA) is 9.23 Å². The van der Waals surface area contributed by atoms with E-state index >= 15 is 0 Å². The Morgan fingerprint density at radius 1 is 0.852 bits per heavy atom. The van der Waals surface area contributed by atoms with Gasteiger partial charge in [0.1, 0.15) is 0 Å². The Balaban J connectivity index is 2.31. The van der Waals surface area contributed by atoms with Crippen LogP contribution in [0.15, 0.2) is 72.3 Å². The number of allylic oxidation sites excluding steroid dienone is 1. The molecule has 2 aromatic rings. The second-order valence-corrected chi connectivity index (χ2v) is 7.84. The Hall–Kier alpha value is -2.12. The number of hydrogen-bond donors (Lipinski definition) is 0. The van der Waals surface area contributed by atoms with Crippen molar-refractivity contribution in [2.45, 2.75) is 65.1 Å². The molecule has 0 spiro atoms. The van der Waals surface area contributed by atoms with E-state index in [9.17, 15) is 0 Å². The molecule has 0 fully saturated rings. The summed E-state index contributed by atoms with van der Waals surface area (Å²) in [5, 5.41) is 0. The van der Waals surface area contributed by atoms with Crippen LogP contribution in [0.1, 0.15) is 64.5 Å². The van der Waals surface area contributed by atoms with Gasteiger partial charge in [-0.3, -0.25) is 0 Å². The molecule has 2 aromatic carbocycles. The van der Waals surface area contributed by atoms with Crippen LogP contribution in [0.3, 0.4) is 0 Å². The molecule has 1 unspecified atom stereocenters. The second-order valence-electron chi connectivity index (χ2n) is 7.84. The van der Waals surface area contributed by atoms with Gasteiger partial charge in [0.2, 0.25) is 0 Å². The van der Waals surface area contributed by atoms with Gasteiger partial charge in [-0.25, -0.2) is 0 Å². The van der Waals surface area contributed by atoms with Crippen molar-refractivity contribution in [3.8, 4) is 0 Å². The minimum atomic E-state index is -0.337. The van der Waals surface area contributed by atoms with E-state index in [0.29, 0.717) is 0 Å². The Morgan fingerprint density at radius 2 is 1.44 bits per heavy atom. The van der Waals surface area contributed by atoms with E-state index in [1.807, 2.05) is 0 Å². The van der Waals surface area contributed by atoms with E-state index in [2.05, 4.69) is 94.4 Å². The normalized spacial score (nSPS) is 20.9. The van der Waals surface area contributed by atoms with E-state index < -0.39 is 0 Å². The fraction of sp³-hybridized carbons (Fsp3) is 0.385. The van der Waals surface area contributed by atoms with Gasteiger partial charge in [-0.15, -0.1) is 0 Å². The molecule has 0 saturated heterocycles. The zero-order valence-electron chi connectivity index (χ0n) is 17.2. The molecule has 0 radical (unpaired) electrons. The predicted molar refractivity (Wildman–Crippen MR) is 117 cm³/mol.